The van der Waals surface area contributed by atoms with Gasteiger partial charge in [0.2, 0.25) is 0 Å². The summed E-state index contributed by atoms with van der Waals surface area (Å²) >= 11 is 0. The molecule has 3 rings (SSSR count). The molecule has 1 aliphatic rings. The predicted octanol–water partition coefficient (Wildman–Crippen LogP) is 0.143. The van der Waals surface area contributed by atoms with Gasteiger partial charge in [-0.15, -0.1) is 0 Å². The molecule has 6 heteroatoms. The fourth-order valence-electron chi connectivity index (χ4n) is 2.93. The van der Waals surface area contributed by atoms with E-state index in [2.05, 4.69) is 39.4 Å². The Labute approximate surface area is 172 Å². The van der Waals surface area contributed by atoms with Gasteiger partial charge in [-0.05, 0) is 36.4 Å². The normalized spacial score (nSPS) is 14.6. The van der Waals surface area contributed by atoms with Crippen molar-refractivity contribution < 1.29 is 40.9 Å². The first-order chi connectivity index (χ1) is 11.7. The Kier molecular flexibility index (Phi) is 7.78. The minimum atomic E-state index is -0.723. The van der Waals surface area contributed by atoms with Crippen LogP contribution in [0, 0.1) is 0 Å². The van der Waals surface area contributed by atoms with Gasteiger partial charge < -0.3 is 16.7 Å². The van der Waals surface area contributed by atoms with Gasteiger partial charge >= 0.3 is 35.5 Å². The van der Waals surface area contributed by atoms with E-state index in [1.807, 2.05) is 30.3 Å². The van der Waals surface area contributed by atoms with Crippen LogP contribution in [0.25, 0.3) is 0 Å². The minimum absolute atomic E-state index is 0. The van der Waals surface area contributed by atoms with Crippen molar-refractivity contribution in [3.8, 4) is 0 Å². The Morgan fingerprint density at radius 3 is 2.16 bits per heavy atom. The summed E-state index contributed by atoms with van der Waals surface area (Å²) in [4.78, 5) is 15.2. The van der Waals surface area contributed by atoms with Crippen LogP contribution in [0.15, 0.2) is 54.6 Å². The maximum absolute atomic E-state index is 10.6. The van der Waals surface area contributed by atoms with Gasteiger partial charge in [-0.3, -0.25) is 9.69 Å². The molecule has 5 nitrogen and oxygen atoms in total. The molecule has 0 radical (unpaired) electrons. The Bertz CT molecular complexity index is 662. The van der Waals surface area contributed by atoms with Gasteiger partial charge in [-0.25, -0.2) is 0 Å². The molecule has 1 aliphatic heterocycles. The monoisotopic (exact) mass is 349 g/mol. The van der Waals surface area contributed by atoms with Crippen LogP contribution in [0.4, 0.5) is 17.1 Å². The van der Waals surface area contributed by atoms with Crippen LogP contribution in [-0.4, -0.2) is 48.7 Å². The molecule has 1 heterocycles. The molecule has 0 aromatic heterocycles. The third-order valence-electron chi connectivity index (χ3n) is 4.31. The number of nitrogens with zero attached hydrogens (tertiary/aromatic N) is 2. The molecule has 2 aromatic carbocycles. The van der Waals surface area contributed by atoms with Crippen molar-refractivity contribution in [1.82, 2.24) is 4.90 Å². The van der Waals surface area contributed by atoms with Crippen LogP contribution >= 0.6 is 0 Å². The van der Waals surface area contributed by atoms with E-state index in [1.54, 1.807) is 0 Å². The van der Waals surface area contributed by atoms with Crippen molar-refractivity contribution in [3.05, 3.63) is 54.6 Å². The largest absolute Gasteiger partial charge is 1.00 e. The average molecular weight is 349 g/mol. The second-order valence-electron chi connectivity index (χ2n) is 6.01. The second-order valence-corrected chi connectivity index (χ2v) is 6.01. The molecule has 0 unspecified atom stereocenters. The summed E-state index contributed by atoms with van der Waals surface area (Å²) in [6.45, 7) is 4.34. The van der Waals surface area contributed by atoms with Crippen molar-refractivity contribution >= 4 is 23.0 Å². The SMILES string of the molecule is O=C(O)CCN1CCN(c2ccc(Nc3ccccc3)cc2)CC1.[H-].[Na+]. The summed E-state index contributed by atoms with van der Waals surface area (Å²) in [6.07, 6.45) is 0.222. The van der Waals surface area contributed by atoms with E-state index in [9.17, 15) is 4.79 Å². The first-order valence-corrected chi connectivity index (χ1v) is 8.32. The zero-order valence-electron chi connectivity index (χ0n) is 15.7. The topological polar surface area (TPSA) is 55.8 Å². The molecule has 2 aromatic rings. The molecule has 0 bridgehead atoms. The van der Waals surface area contributed by atoms with Gasteiger partial charge in [0.05, 0.1) is 6.42 Å². The number of rotatable bonds is 6. The number of carbonyl (C=O) groups is 1. The average Bonchev–Trinajstić information content (AvgIpc) is 2.62. The maximum Gasteiger partial charge on any atom is 1.00 e. The number of nitrogens with one attached hydrogen (secondary N) is 1. The molecule has 0 amide bonds. The van der Waals surface area contributed by atoms with E-state index in [0.29, 0.717) is 6.54 Å². The van der Waals surface area contributed by atoms with Crippen LogP contribution in [-0.2, 0) is 4.79 Å². The number of hydrogen-bond donors (Lipinski definition) is 2. The molecular weight excluding hydrogens is 325 g/mol. The zero-order valence-corrected chi connectivity index (χ0v) is 16.7. The molecule has 0 spiro atoms. The van der Waals surface area contributed by atoms with E-state index in [0.717, 1.165) is 37.6 Å². The molecule has 25 heavy (non-hydrogen) atoms. The van der Waals surface area contributed by atoms with E-state index in [-0.39, 0.29) is 37.4 Å². The van der Waals surface area contributed by atoms with Crippen LogP contribution in [0.3, 0.4) is 0 Å². The van der Waals surface area contributed by atoms with Crippen molar-refractivity contribution in [1.29, 1.82) is 0 Å². The summed E-state index contributed by atoms with van der Waals surface area (Å²) in [5.41, 5.74) is 3.37. The molecule has 1 fully saturated rings. The summed E-state index contributed by atoms with van der Waals surface area (Å²) in [5, 5.41) is 12.1. The standard InChI is InChI=1S/C19H23N3O2.Na.H/c23-19(24)10-11-21-12-14-22(15-13-21)18-8-6-17(7-9-18)20-16-4-2-1-3-5-16;;/h1-9,20H,10-15H2,(H,23,24);;/q;+1;-1. The van der Waals surface area contributed by atoms with Crippen LogP contribution in [0.1, 0.15) is 7.85 Å². The Balaban J connectivity index is 0.00000169. The summed E-state index contributed by atoms with van der Waals surface area (Å²) < 4.78 is 0. The van der Waals surface area contributed by atoms with Crippen molar-refractivity contribution in [3.63, 3.8) is 0 Å². The van der Waals surface area contributed by atoms with Gasteiger partial charge in [0.15, 0.2) is 0 Å². The van der Waals surface area contributed by atoms with Crippen LogP contribution in [0.5, 0.6) is 0 Å². The van der Waals surface area contributed by atoms with Crippen molar-refractivity contribution in [2.45, 2.75) is 6.42 Å². The number of aliphatic carboxylic acids is 1. The first-order valence-electron chi connectivity index (χ1n) is 8.32. The maximum atomic E-state index is 10.6. The van der Waals surface area contributed by atoms with Gasteiger partial charge in [0, 0.05) is 49.8 Å². The van der Waals surface area contributed by atoms with Gasteiger partial charge in [0.1, 0.15) is 0 Å². The van der Waals surface area contributed by atoms with E-state index < -0.39 is 5.97 Å². The van der Waals surface area contributed by atoms with Crippen LogP contribution in [0.2, 0.25) is 0 Å². The fraction of sp³-hybridized carbons (Fsp3) is 0.316. The van der Waals surface area contributed by atoms with Gasteiger partial charge in [-0.1, -0.05) is 18.2 Å². The number of piperazine rings is 1. The molecule has 1 saturated heterocycles. The van der Waals surface area contributed by atoms with Gasteiger partial charge in [0.25, 0.3) is 0 Å². The molecule has 0 saturated carbocycles. The number of hydrogen-bond acceptors (Lipinski definition) is 4. The number of carboxylic acids is 1. The summed E-state index contributed by atoms with van der Waals surface area (Å²) in [5.74, 6) is -0.723. The smallest absolute Gasteiger partial charge is 1.00 e. The van der Waals surface area contributed by atoms with E-state index in [1.165, 1.54) is 5.69 Å². The number of carboxylic acid groups (broad SMARTS) is 1. The predicted molar refractivity (Wildman–Crippen MR) is 98.2 cm³/mol. The third-order valence-corrected chi connectivity index (χ3v) is 4.31. The molecule has 128 valence electrons. The third kappa shape index (κ3) is 6.04. The van der Waals surface area contributed by atoms with E-state index >= 15 is 0 Å². The molecule has 2 N–H and O–H groups in total. The molecule has 0 atom stereocenters. The van der Waals surface area contributed by atoms with Crippen LogP contribution < -0.4 is 39.8 Å². The molecule has 0 aliphatic carbocycles. The number of para-hydroxylation sites is 1. The van der Waals surface area contributed by atoms with Crippen molar-refractivity contribution in [2.24, 2.45) is 0 Å². The number of anilines is 3. The number of benzene rings is 2. The quantitative estimate of drug-likeness (QED) is 0.727. The van der Waals surface area contributed by atoms with Crippen molar-refractivity contribution in [2.75, 3.05) is 42.9 Å². The Hall–Kier alpha value is -1.53. The zero-order chi connectivity index (χ0) is 16.8. The summed E-state index contributed by atoms with van der Waals surface area (Å²) in [7, 11) is 0. The molecular formula is C19H24N3NaO2. The second kappa shape index (κ2) is 9.82. The minimum Gasteiger partial charge on any atom is -1.00 e. The van der Waals surface area contributed by atoms with Gasteiger partial charge in [-0.2, -0.15) is 0 Å². The first kappa shape index (κ1) is 19.8. The Morgan fingerprint density at radius 2 is 1.56 bits per heavy atom. The van der Waals surface area contributed by atoms with E-state index in [4.69, 9.17) is 5.11 Å². The fourth-order valence-corrected chi connectivity index (χ4v) is 2.93. The summed E-state index contributed by atoms with van der Waals surface area (Å²) in [6, 6.07) is 18.6. The Morgan fingerprint density at radius 1 is 0.960 bits per heavy atom.